The minimum absolute atomic E-state index is 0.351. The topological polar surface area (TPSA) is 61.8 Å². The Hall–Kier alpha value is -1.82. The Morgan fingerprint density at radius 1 is 1.28 bits per heavy atom. The van der Waals surface area contributed by atoms with Gasteiger partial charge < -0.3 is 20.3 Å². The number of nitrogens with one attached hydrogen (secondary N) is 2. The van der Waals surface area contributed by atoms with Crippen molar-refractivity contribution in [2.75, 3.05) is 24.5 Å². The molecule has 2 aliphatic heterocycles. The van der Waals surface area contributed by atoms with E-state index in [0.717, 1.165) is 43.4 Å². The van der Waals surface area contributed by atoms with E-state index in [2.05, 4.69) is 53.4 Å². The van der Waals surface area contributed by atoms with Gasteiger partial charge in [0.15, 0.2) is 5.96 Å². The number of anilines is 1. The van der Waals surface area contributed by atoms with Crippen molar-refractivity contribution in [3.8, 4) is 0 Å². The van der Waals surface area contributed by atoms with Gasteiger partial charge in [-0.1, -0.05) is 6.07 Å². The molecule has 0 aromatic carbocycles. The van der Waals surface area contributed by atoms with Crippen LogP contribution in [0.1, 0.15) is 45.6 Å². The van der Waals surface area contributed by atoms with E-state index >= 15 is 0 Å². The molecule has 0 amide bonds. The van der Waals surface area contributed by atoms with Gasteiger partial charge in [0.2, 0.25) is 0 Å². The lowest BCUT2D eigenvalue weighted by Gasteiger charge is -2.22. The molecule has 6 nitrogen and oxygen atoms in total. The molecule has 138 valence electrons. The first-order valence-corrected chi connectivity index (χ1v) is 9.63. The van der Waals surface area contributed by atoms with E-state index < -0.39 is 0 Å². The molecular weight excluding hydrogens is 314 g/mol. The van der Waals surface area contributed by atoms with Crippen LogP contribution in [0.5, 0.6) is 0 Å². The van der Waals surface area contributed by atoms with Crippen LogP contribution in [-0.4, -0.2) is 48.8 Å². The van der Waals surface area contributed by atoms with Crippen LogP contribution < -0.4 is 15.5 Å². The number of fused-ring (bicyclic) bond motifs is 2. The maximum atomic E-state index is 5.92. The largest absolute Gasteiger partial charge is 0.373 e. The zero-order valence-corrected chi connectivity index (χ0v) is 15.7. The van der Waals surface area contributed by atoms with E-state index in [0.29, 0.717) is 24.8 Å². The normalized spacial score (nSPS) is 25.2. The molecular formula is C19H31N5O. The Morgan fingerprint density at radius 2 is 2.12 bits per heavy atom. The average Bonchev–Trinajstić information content (AvgIpc) is 3.25. The van der Waals surface area contributed by atoms with Crippen LogP contribution >= 0.6 is 0 Å². The van der Waals surface area contributed by atoms with Crippen LogP contribution in [0.2, 0.25) is 0 Å². The first-order valence-electron chi connectivity index (χ1n) is 9.63. The van der Waals surface area contributed by atoms with Gasteiger partial charge in [-0.25, -0.2) is 9.98 Å². The minimum atomic E-state index is 0.351. The van der Waals surface area contributed by atoms with Gasteiger partial charge in [0.1, 0.15) is 5.82 Å². The van der Waals surface area contributed by atoms with Gasteiger partial charge in [-0.2, -0.15) is 0 Å². The van der Waals surface area contributed by atoms with E-state index in [4.69, 9.17) is 9.73 Å². The summed E-state index contributed by atoms with van der Waals surface area (Å²) in [6.07, 6.45) is 6.20. The van der Waals surface area contributed by atoms with Crippen LogP contribution in [0.3, 0.4) is 0 Å². The molecule has 3 unspecified atom stereocenters. The highest BCUT2D eigenvalue weighted by molar-refractivity contribution is 5.80. The van der Waals surface area contributed by atoms with Gasteiger partial charge in [0, 0.05) is 25.8 Å². The lowest BCUT2D eigenvalue weighted by molar-refractivity contribution is 0.0992. The van der Waals surface area contributed by atoms with Crippen molar-refractivity contribution in [3.63, 3.8) is 0 Å². The number of guanidine groups is 1. The number of ether oxygens (including phenoxy) is 1. The summed E-state index contributed by atoms with van der Waals surface area (Å²) in [7, 11) is 0. The van der Waals surface area contributed by atoms with Gasteiger partial charge in [-0.05, 0) is 51.7 Å². The number of nitrogens with zero attached hydrogens (tertiary/aromatic N) is 3. The summed E-state index contributed by atoms with van der Waals surface area (Å²) in [5.41, 5.74) is 1.12. The molecule has 2 aliphatic rings. The second-order valence-corrected chi connectivity index (χ2v) is 6.75. The standard InChI is InChI=1S/C19H31N5O/c1-4-20-19(23-16-11-15-8-9-17(16)25-15)22-13-14-7-10-18(21-12-14)24(5-2)6-3/h7,10,12,15-17H,4-6,8-9,11,13H2,1-3H3,(H2,20,22,23). The second kappa shape index (κ2) is 8.52. The second-order valence-electron chi connectivity index (χ2n) is 6.75. The van der Waals surface area contributed by atoms with Crippen molar-refractivity contribution in [2.24, 2.45) is 4.99 Å². The van der Waals surface area contributed by atoms with Gasteiger partial charge in [-0.3, -0.25) is 0 Å². The highest BCUT2D eigenvalue weighted by atomic mass is 16.5. The fourth-order valence-corrected chi connectivity index (χ4v) is 3.70. The van der Waals surface area contributed by atoms with E-state index in [1.807, 2.05) is 6.20 Å². The molecule has 1 aromatic rings. The highest BCUT2D eigenvalue weighted by Gasteiger charge is 2.41. The maximum Gasteiger partial charge on any atom is 0.191 e. The molecule has 0 aliphatic carbocycles. The summed E-state index contributed by atoms with van der Waals surface area (Å²) in [4.78, 5) is 11.5. The quantitative estimate of drug-likeness (QED) is 0.586. The lowest BCUT2D eigenvalue weighted by Crippen LogP contribution is -2.47. The van der Waals surface area contributed by atoms with Crippen molar-refractivity contribution in [3.05, 3.63) is 23.9 Å². The SMILES string of the molecule is CCNC(=NCc1ccc(N(CC)CC)nc1)NC1CC2CCC1O2. The van der Waals surface area contributed by atoms with Crippen LogP contribution in [0.25, 0.3) is 0 Å². The van der Waals surface area contributed by atoms with Crippen molar-refractivity contribution in [2.45, 2.75) is 64.8 Å². The third kappa shape index (κ3) is 4.42. The predicted molar refractivity (Wildman–Crippen MR) is 102 cm³/mol. The molecule has 0 saturated carbocycles. The molecule has 2 bridgehead atoms. The summed E-state index contributed by atoms with van der Waals surface area (Å²) < 4.78 is 5.92. The number of pyridine rings is 1. The zero-order chi connectivity index (χ0) is 17.6. The zero-order valence-electron chi connectivity index (χ0n) is 15.7. The number of rotatable bonds is 7. The van der Waals surface area contributed by atoms with E-state index in [-0.39, 0.29) is 0 Å². The molecule has 25 heavy (non-hydrogen) atoms. The van der Waals surface area contributed by atoms with Crippen LogP contribution in [0, 0.1) is 0 Å². The number of hydrogen-bond donors (Lipinski definition) is 2. The number of aromatic nitrogens is 1. The van der Waals surface area contributed by atoms with Crippen molar-refractivity contribution in [1.29, 1.82) is 0 Å². The summed E-state index contributed by atoms with van der Waals surface area (Å²) in [5, 5.41) is 6.89. The third-order valence-electron chi connectivity index (χ3n) is 5.09. The molecule has 2 N–H and O–H groups in total. The monoisotopic (exact) mass is 345 g/mol. The van der Waals surface area contributed by atoms with Crippen molar-refractivity contribution in [1.82, 2.24) is 15.6 Å². The molecule has 1 aromatic heterocycles. The van der Waals surface area contributed by atoms with Crippen LogP contribution in [0.4, 0.5) is 5.82 Å². The summed E-state index contributed by atoms with van der Waals surface area (Å²) in [5.74, 6) is 1.90. The lowest BCUT2D eigenvalue weighted by atomic mass is 9.96. The number of aliphatic imine (C=N–C) groups is 1. The minimum Gasteiger partial charge on any atom is -0.373 e. The first-order chi connectivity index (χ1) is 12.2. The summed E-state index contributed by atoms with van der Waals surface area (Å²) in [6.45, 7) is 9.82. The Morgan fingerprint density at radius 3 is 2.68 bits per heavy atom. The smallest absolute Gasteiger partial charge is 0.191 e. The molecule has 0 spiro atoms. The van der Waals surface area contributed by atoms with E-state index in [1.165, 1.54) is 12.8 Å². The van der Waals surface area contributed by atoms with Gasteiger partial charge in [-0.15, -0.1) is 0 Å². The Labute approximate surface area is 151 Å². The molecule has 2 saturated heterocycles. The molecule has 2 fully saturated rings. The third-order valence-corrected chi connectivity index (χ3v) is 5.09. The Balaban J connectivity index is 1.59. The molecule has 6 heteroatoms. The molecule has 0 radical (unpaired) electrons. The Kier molecular flexibility index (Phi) is 6.13. The first kappa shape index (κ1) is 18.0. The predicted octanol–water partition coefficient (Wildman–Crippen LogP) is 2.30. The fourth-order valence-electron chi connectivity index (χ4n) is 3.70. The fraction of sp³-hybridized carbons (Fsp3) is 0.684. The Bertz CT molecular complexity index is 570. The van der Waals surface area contributed by atoms with Gasteiger partial charge in [0.05, 0.1) is 24.8 Å². The molecule has 3 heterocycles. The van der Waals surface area contributed by atoms with Gasteiger partial charge in [0.25, 0.3) is 0 Å². The summed E-state index contributed by atoms with van der Waals surface area (Å²) in [6, 6.07) is 4.59. The average molecular weight is 345 g/mol. The van der Waals surface area contributed by atoms with Crippen molar-refractivity contribution >= 4 is 11.8 Å². The van der Waals surface area contributed by atoms with E-state index in [1.54, 1.807) is 0 Å². The van der Waals surface area contributed by atoms with E-state index in [9.17, 15) is 0 Å². The maximum absolute atomic E-state index is 5.92. The van der Waals surface area contributed by atoms with Crippen LogP contribution in [-0.2, 0) is 11.3 Å². The van der Waals surface area contributed by atoms with Crippen LogP contribution in [0.15, 0.2) is 23.3 Å². The number of hydrogen-bond acceptors (Lipinski definition) is 4. The summed E-state index contributed by atoms with van der Waals surface area (Å²) >= 11 is 0. The van der Waals surface area contributed by atoms with Gasteiger partial charge >= 0.3 is 0 Å². The molecule has 3 atom stereocenters. The van der Waals surface area contributed by atoms with Crippen molar-refractivity contribution < 1.29 is 4.74 Å². The highest BCUT2D eigenvalue weighted by Crippen LogP contribution is 2.34. The molecule has 3 rings (SSSR count).